The normalized spacial score (nSPS) is 20.8. The molecule has 1 atom stereocenters. The molecule has 29 heavy (non-hydrogen) atoms. The maximum atomic E-state index is 14.7. The Balaban J connectivity index is 1.71. The molecule has 2 fully saturated rings. The largest absolute Gasteiger partial charge is 0.442 e. The van der Waals surface area contributed by atoms with Crippen LogP contribution >= 0.6 is 0 Å². The van der Waals surface area contributed by atoms with Crippen LogP contribution in [0.15, 0.2) is 12.1 Å². The number of hydrazine groups is 1. The number of nitrogens with one attached hydrogen (secondary N) is 2. The summed E-state index contributed by atoms with van der Waals surface area (Å²) in [5.74, 6) is -3.14. The second kappa shape index (κ2) is 8.82. The molecule has 2 heterocycles. The minimum atomic E-state index is -3.19. The van der Waals surface area contributed by atoms with Crippen molar-refractivity contribution in [1.29, 1.82) is 0 Å². The van der Waals surface area contributed by atoms with Crippen LogP contribution in [0.5, 0.6) is 0 Å². The zero-order valence-electron chi connectivity index (χ0n) is 15.6. The predicted molar refractivity (Wildman–Crippen MR) is 95.8 cm³/mol. The Morgan fingerprint density at radius 1 is 1.28 bits per heavy atom. The Morgan fingerprint density at radius 3 is 2.62 bits per heavy atom. The number of hydrogen-bond acceptors (Lipinski definition) is 6. The van der Waals surface area contributed by atoms with Gasteiger partial charge in [-0.05, 0) is 0 Å². The number of benzene rings is 1. The molecule has 0 saturated carbocycles. The number of hydrogen-bond donors (Lipinski definition) is 2. The molecule has 2 aliphatic heterocycles. The molecule has 2 aliphatic rings. The first-order valence-electron chi connectivity index (χ1n) is 8.99. The highest BCUT2D eigenvalue weighted by Crippen LogP contribution is 2.31. The van der Waals surface area contributed by atoms with Gasteiger partial charge < -0.3 is 15.0 Å². The molecule has 160 valence electrons. The van der Waals surface area contributed by atoms with Crippen LogP contribution in [0.4, 0.5) is 33.7 Å². The number of amides is 2. The highest BCUT2D eigenvalue weighted by molar-refractivity contribution is 5.90. The summed E-state index contributed by atoms with van der Waals surface area (Å²) in [5.41, 5.74) is 2.84. The van der Waals surface area contributed by atoms with E-state index in [1.54, 1.807) is 4.90 Å². The van der Waals surface area contributed by atoms with Crippen LogP contribution in [0.25, 0.3) is 0 Å². The number of carbonyl (C=O) groups excluding carboxylic acids is 2. The molecular formula is C17H21F4N5O3. The average Bonchev–Trinajstić information content (AvgIpc) is 2.90. The summed E-state index contributed by atoms with van der Waals surface area (Å²) in [6, 6.07) is 2.06. The van der Waals surface area contributed by atoms with Gasteiger partial charge in [0.2, 0.25) is 0 Å². The second-order valence-corrected chi connectivity index (χ2v) is 6.74. The summed E-state index contributed by atoms with van der Waals surface area (Å²) in [4.78, 5) is 25.5. The minimum absolute atomic E-state index is 0.0542. The monoisotopic (exact) mass is 419 g/mol. The number of rotatable bonds is 5. The Labute approximate surface area is 164 Å². The van der Waals surface area contributed by atoms with Crippen molar-refractivity contribution in [3.63, 3.8) is 0 Å². The number of likely N-dealkylation sites (N-methyl/N-ethyl adjacent to an activating group) is 1. The van der Waals surface area contributed by atoms with Gasteiger partial charge in [-0.3, -0.25) is 15.1 Å². The number of alkyl halides is 2. The predicted octanol–water partition coefficient (Wildman–Crippen LogP) is 0.928. The fourth-order valence-corrected chi connectivity index (χ4v) is 3.20. The van der Waals surface area contributed by atoms with Gasteiger partial charge in [-0.15, -0.1) is 0 Å². The lowest BCUT2D eigenvalue weighted by Gasteiger charge is -2.24. The fourth-order valence-electron chi connectivity index (χ4n) is 3.20. The lowest BCUT2D eigenvalue weighted by Crippen LogP contribution is -2.37. The first-order valence-corrected chi connectivity index (χ1v) is 8.99. The lowest BCUT2D eigenvalue weighted by atomic mass is 10.2. The Kier molecular flexibility index (Phi) is 6.42. The standard InChI is InChI=1S/C17H21F4N5O3/c1-24-4-5-25(3-2-23-24)14-12(18)6-10(7-13(14)19)26-9-11(29-17(26)28)8-22-16(27)15(20)21/h6-7,11,15,23H,2-5,8-9H2,1H3,(H,22,27). The van der Waals surface area contributed by atoms with Crippen molar-refractivity contribution in [2.45, 2.75) is 12.5 Å². The van der Waals surface area contributed by atoms with Crippen LogP contribution in [0.3, 0.4) is 0 Å². The number of halogens is 4. The van der Waals surface area contributed by atoms with Crippen LogP contribution in [0, 0.1) is 11.6 Å². The van der Waals surface area contributed by atoms with Crippen LogP contribution in [-0.2, 0) is 9.53 Å². The summed E-state index contributed by atoms with van der Waals surface area (Å²) in [6.07, 6.45) is -4.98. The van der Waals surface area contributed by atoms with Gasteiger partial charge in [0.1, 0.15) is 11.8 Å². The quantitative estimate of drug-likeness (QED) is 0.692. The molecule has 0 bridgehead atoms. The highest BCUT2D eigenvalue weighted by Gasteiger charge is 2.34. The molecule has 8 nitrogen and oxygen atoms in total. The van der Waals surface area contributed by atoms with Crippen molar-refractivity contribution in [2.24, 2.45) is 0 Å². The van der Waals surface area contributed by atoms with Crippen molar-refractivity contribution in [3.05, 3.63) is 23.8 Å². The smallest absolute Gasteiger partial charge is 0.414 e. The Morgan fingerprint density at radius 2 is 1.97 bits per heavy atom. The summed E-state index contributed by atoms with van der Waals surface area (Å²) in [6.45, 7) is 1.41. The zero-order chi connectivity index (χ0) is 21.1. The third-order valence-corrected chi connectivity index (χ3v) is 4.67. The zero-order valence-corrected chi connectivity index (χ0v) is 15.6. The van der Waals surface area contributed by atoms with Crippen molar-refractivity contribution < 1.29 is 31.9 Å². The fraction of sp³-hybridized carbons (Fsp3) is 0.529. The minimum Gasteiger partial charge on any atom is -0.442 e. The van der Waals surface area contributed by atoms with E-state index >= 15 is 0 Å². The van der Waals surface area contributed by atoms with E-state index in [9.17, 15) is 27.2 Å². The molecule has 2 N–H and O–H groups in total. The number of cyclic esters (lactones) is 1. The van der Waals surface area contributed by atoms with Crippen molar-refractivity contribution in [1.82, 2.24) is 15.8 Å². The van der Waals surface area contributed by atoms with Gasteiger partial charge in [-0.25, -0.2) is 18.6 Å². The molecule has 1 unspecified atom stereocenters. The number of ether oxygens (including phenoxy) is 1. The number of carbonyl (C=O) groups is 2. The van der Waals surface area contributed by atoms with Crippen LogP contribution < -0.4 is 20.5 Å². The van der Waals surface area contributed by atoms with Gasteiger partial charge in [0.15, 0.2) is 11.6 Å². The van der Waals surface area contributed by atoms with Crippen molar-refractivity contribution >= 4 is 23.4 Å². The molecule has 2 amide bonds. The molecule has 0 aromatic heterocycles. The van der Waals surface area contributed by atoms with Crippen molar-refractivity contribution in [3.8, 4) is 0 Å². The average molecular weight is 419 g/mol. The molecule has 2 saturated heterocycles. The van der Waals surface area contributed by atoms with Gasteiger partial charge >= 0.3 is 12.5 Å². The SMILES string of the molecule is CN1CCN(c2c(F)cc(N3CC(CNC(=O)C(F)F)OC3=O)cc2F)CCN1. The van der Waals surface area contributed by atoms with Crippen LogP contribution in [0.2, 0.25) is 0 Å². The summed E-state index contributed by atoms with van der Waals surface area (Å²) < 4.78 is 58.8. The van der Waals surface area contributed by atoms with E-state index in [1.165, 1.54) is 0 Å². The number of anilines is 2. The summed E-state index contributed by atoms with van der Waals surface area (Å²) >= 11 is 0. The second-order valence-electron chi connectivity index (χ2n) is 6.74. The van der Waals surface area contributed by atoms with E-state index in [4.69, 9.17) is 4.74 Å². The van der Waals surface area contributed by atoms with Crippen LogP contribution in [-0.4, -0.2) is 75.9 Å². The third kappa shape index (κ3) is 4.88. The van der Waals surface area contributed by atoms with Gasteiger partial charge in [-0.1, -0.05) is 0 Å². The maximum absolute atomic E-state index is 14.7. The van der Waals surface area contributed by atoms with Gasteiger partial charge in [0.05, 0.1) is 18.8 Å². The highest BCUT2D eigenvalue weighted by atomic mass is 19.3. The Hall–Kier alpha value is -2.60. The molecule has 0 radical (unpaired) electrons. The maximum Gasteiger partial charge on any atom is 0.414 e. The molecule has 12 heteroatoms. The van der Waals surface area contributed by atoms with E-state index in [0.29, 0.717) is 26.2 Å². The first-order chi connectivity index (χ1) is 13.8. The molecule has 3 rings (SSSR count). The molecule has 1 aromatic rings. The van der Waals surface area contributed by atoms with Crippen molar-refractivity contribution in [2.75, 3.05) is 56.1 Å². The lowest BCUT2D eigenvalue weighted by molar-refractivity contribution is -0.132. The van der Waals surface area contributed by atoms with E-state index in [2.05, 4.69) is 5.43 Å². The number of nitrogens with zero attached hydrogens (tertiary/aromatic N) is 3. The van der Waals surface area contributed by atoms with Gasteiger partial charge in [-0.2, -0.15) is 8.78 Å². The van der Waals surface area contributed by atoms with E-state index in [1.807, 2.05) is 17.4 Å². The summed E-state index contributed by atoms with van der Waals surface area (Å²) in [7, 11) is 1.83. The Bertz CT molecular complexity index is 758. The molecular weight excluding hydrogens is 398 g/mol. The van der Waals surface area contributed by atoms with E-state index in [0.717, 1.165) is 17.0 Å². The van der Waals surface area contributed by atoms with Gasteiger partial charge in [0, 0.05) is 45.4 Å². The van der Waals surface area contributed by atoms with E-state index in [-0.39, 0.29) is 24.5 Å². The molecule has 1 aromatic carbocycles. The molecule has 0 aliphatic carbocycles. The third-order valence-electron chi connectivity index (χ3n) is 4.67. The molecule has 0 spiro atoms. The first kappa shape index (κ1) is 21.1. The van der Waals surface area contributed by atoms with Crippen LogP contribution in [0.1, 0.15) is 0 Å². The topological polar surface area (TPSA) is 77.2 Å². The van der Waals surface area contributed by atoms with E-state index < -0.39 is 36.2 Å². The van der Waals surface area contributed by atoms with Gasteiger partial charge in [0.25, 0.3) is 5.91 Å². The summed E-state index contributed by atoms with van der Waals surface area (Å²) in [5, 5.41) is 3.77.